The van der Waals surface area contributed by atoms with Gasteiger partial charge in [0.1, 0.15) is 0 Å². The maximum atomic E-state index is 3.61. The highest BCUT2D eigenvalue weighted by Crippen LogP contribution is 2.27. The van der Waals surface area contributed by atoms with E-state index < -0.39 is 0 Å². The van der Waals surface area contributed by atoms with Crippen LogP contribution in [0.3, 0.4) is 0 Å². The molecule has 2 nitrogen and oxygen atoms in total. The molecule has 90 valence electrons. The van der Waals surface area contributed by atoms with E-state index in [1.165, 1.54) is 28.7 Å². The lowest BCUT2D eigenvalue weighted by atomic mass is 9.98. The summed E-state index contributed by atoms with van der Waals surface area (Å²) in [5.41, 5.74) is 0. The Kier molecular flexibility index (Phi) is 4.41. The van der Waals surface area contributed by atoms with E-state index in [2.05, 4.69) is 51.6 Å². The van der Waals surface area contributed by atoms with Crippen molar-refractivity contribution < 1.29 is 0 Å². The largest absolute Gasteiger partial charge is 0.317 e. The average molecular weight is 303 g/mol. The first kappa shape index (κ1) is 12.6. The molecule has 16 heavy (non-hydrogen) atoms. The van der Waals surface area contributed by atoms with Crippen LogP contribution in [-0.2, 0) is 6.54 Å². The van der Waals surface area contributed by atoms with E-state index in [1.807, 2.05) is 11.3 Å². The van der Waals surface area contributed by atoms with Gasteiger partial charge in [0.05, 0.1) is 0 Å². The zero-order valence-electron chi connectivity index (χ0n) is 9.87. The van der Waals surface area contributed by atoms with Crippen LogP contribution in [0.1, 0.15) is 24.6 Å². The first-order valence-corrected chi connectivity index (χ1v) is 7.51. The number of hydrogen-bond donors (Lipinski definition) is 1. The summed E-state index contributed by atoms with van der Waals surface area (Å²) in [5.74, 6) is 0. The minimum atomic E-state index is 0.681. The summed E-state index contributed by atoms with van der Waals surface area (Å²) in [6.07, 6.45) is 2.53. The van der Waals surface area contributed by atoms with Gasteiger partial charge in [0, 0.05) is 34.5 Å². The van der Waals surface area contributed by atoms with E-state index in [4.69, 9.17) is 0 Å². The maximum absolute atomic E-state index is 3.61. The molecule has 2 heterocycles. The molecule has 1 aromatic heterocycles. The molecule has 0 spiro atoms. The topological polar surface area (TPSA) is 15.3 Å². The average Bonchev–Trinajstić information content (AvgIpc) is 2.67. The van der Waals surface area contributed by atoms with Gasteiger partial charge in [-0.3, -0.25) is 4.90 Å². The van der Waals surface area contributed by atoms with Gasteiger partial charge in [-0.2, -0.15) is 0 Å². The van der Waals surface area contributed by atoms with Crippen molar-refractivity contribution in [1.29, 1.82) is 0 Å². The van der Waals surface area contributed by atoms with Gasteiger partial charge in [-0.25, -0.2) is 0 Å². The van der Waals surface area contributed by atoms with Crippen molar-refractivity contribution in [2.24, 2.45) is 0 Å². The van der Waals surface area contributed by atoms with Crippen molar-refractivity contribution in [3.63, 3.8) is 0 Å². The number of piperidine rings is 1. The number of hydrogen-bond acceptors (Lipinski definition) is 3. The third kappa shape index (κ3) is 2.86. The van der Waals surface area contributed by atoms with Gasteiger partial charge in [0.15, 0.2) is 0 Å². The van der Waals surface area contributed by atoms with Crippen LogP contribution in [0.25, 0.3) is 0 Å². The van der Waals surface area contributed by atoms with Gasteiger partial charge in [-0.1, -0.05) is 0 Å². The molecular weight excluding hydrogens is 284 g/mol. The molecule has 2 rings (SSSR count). The molecule has 2 atom stereocenters. The van der Waals surface area contributed by atoms with Crippen LogP contribution in [0.2, 0.25) is 0 Å². The molecule has 4 heteroatoms. The van der Waals surface area contributed by atoms with Crippen molar-refractivity contribution in [2.45, 2.75) is 38.4 Å². The molecule has 1 aliphatic rings. The van der Waals surface area contributed by atoms with E-state index >= 15 is 0 Å². The Morgan fingerprint density at radius 3 is 3.00 bits per heavy atom. The fourth-order valence-corrected chi connectivity index (χ4v) is 3.84. The summed E-state index contributed by atoms with van der Waals surface area (Å²) >= 11 is 5.46. The third-order valence-electron chi connectivity index (χ3n) is 3.46. The molecule has 0 saturated carbocycles. The van der Waals surface area contributed by atoms with Crippen LogP contribution in [0.4, 0.5) is 0 Å². The Hall–Kier alpha value is 0.100. The molecule has 2 unspecified atom stereocenters. The van der Waals surface area contributed by atoms with Crippen molar-refractivity contribution in [1.82, 2.24) is 10.2 Å². The van der Waals surface area contributed by atoms with Crippen molar-refractivity contribution in [2.75, 3.05) is 13.6 Å². The summed E-state index contributed by atoms with van der Waals surface area (Å²) < 4.78 is 1.26. The Balaban J connectivity index is 1.94. The molecule has 0 amide bonds. The summed E-state index contributed by atoms with van der Waals surface area (Å²) in [4.78, 5) is 4.04. The highest BCUT2D eigenvalue weighted by atomic mass is 79.9. The quantitative estimate of drug-likeness (QED) is 0.923. The Bertz CT molecular complexity index is 340. The summed E-state index contributed by atoms with van der Waals surface area (Å²) in [6, 6.07) is 3.53. The molecule has 1 aromatic rings. The lowest BCUT2D eigenvalue weighted by Gasteiger charge is -2.37. The smallest absolute Gasteiger partial charge is 0.0342 e. The molecule has 0 aliphatic carbocycles. The predicted octanol–water partition coefficient (Wildman–Crippen LogP) is 3.08. The number of likely N-dealkylation sites (tertiary alicyclic amines) is 1. The lowest BCUT2D eigenvalue weighted by molar-refractivity contribution is 0.132. The van der Waals surface area contributed by atoms with Crippen molar-refractivity contribution in [3.8, 4) is 0 Å². The van der Waals surface area contributed by atoms with Crippen LogP contribution in [-0.4, -0.2) is 30.6 Å². The zero-order valence-corrected chi connectivity index (χ0v) is 12.3. The third-order valence-corrected chi connectivity index (χ3v) is 5.37. The molecule has 0 radical (unpaired) electrons. The molecule has 1 aliphatic heterocycles. The molecule has 0 bridgehead atoms. The second-order valence-corrected chi connectivity index (χ2v) is 6.38. The van der Waals surface area contributed by atoms with Crippen LogP contribution < -0.4 is 5.32 Å². The Morgan fingerprint density at radius 2 is 2.44 bits per heavy atom. The summed E-state index contributed by atoms with van der Waals surface area (Å²) in [6.45, 7) is 4.64. The van der Waals surface area contributed by atoms with Crippen LogP contribution in [0.15, 0.2) is 15.9 Å². The Morgan fingerprint density at radius 1 is 1.62 bits per heavy atom. The monoisotopic (exact) mass is 302 g/mol. The molecule has 1 saturated heterocycles. The van der Waals surface area contributed by atoms with Gasteiger partial charge >= 0.3 is 0 Å². The van der Waals surface area contributed by atoms with Gasteiger partial charge in [0.2, 0.25) is 0 Å². The number of nitrogens with zero attached hydrogens (tertiary/aromatic N) is 1. The predicted molar refractivity (Wildman–Crippen MR) is 74.0 cm³/mol. The highest BCUT2D eigenvalue weighted by Gasteiger charge is 2.24. The van der Waals surface area contributed by atoms with E-state index in [-0.39, 0.29) is 0 Å². The van der Waals surface area contributed by atoms with E-state index in [0.29, 0.717) is 12.1 Å². The number of halogens is 1. The first-order chi connectivity index (χ1) is 7.70. The van der Waals surface area contributed by atoms with Gasteiger partial charge < -0.3 is 5.32 Å². The Labute approximate surface area is 110 Å². The second-order valence-electron chi connectivity index (χ2n) is 4.52. The van der Waals surface area contributed by atoms with Crippen molar-refractivity contribution in [3.05, 3.63) is 20.8 Å². The van der Waals surface area contributed by atoms with Gasteiger partial charge in [0.25, 0.3) is 0 Å². The van der Waals surface area contributed by atoms with E-state index in [9.17, 15) is 0 Å². The minimum Gasteiger partial charge on any atom is -0.317 e. The minimum absolute atomic E-state index is 0.681. The second kappa shape index (κ2) is 5.63. The highest BCUT2D eigenvalue weighted by molar-refractivity contribution is 9.10. The van der Waals surface area contributed by atoms with Gasteiger partial charge in [-0.15, -0.1) is 11.3 Å². The summed E-state index contributed by atoms with van der Waals surface area (Å²) in [5, 5.41) is 5.55. The summed E-state index contributed by atoms with van der Waals surface area (Å²) in [7, 11) is 2.07. The number of rotatable bonds is 3. The number of thiophene rings is 1. The molecule has 0 aromatic carbocycles. The first-order valence-electron chi connectivity index (χ1n) is 5.84. The van der Waals surface area contributed by atoms with Crippen LogP contribution in [0, 0.1) is 0 Å². The fourth-order valence-electron chi connectivity index (χ4n) is 2.34. The molecule has 1 fully saturated rings. The molecule has 1 N–H and O–H groups in total. The van der Waals surface area contributed by atoms with Crippen molar-refractivity contribution >= 4 is 27.3 Å². The van der Waals surface area contributed by atoms with E-state index in [0.717, 1.165) is 6.54 Å². The van der Waals surface area contributed by atoms with Gasteiger partial charge in [-0.05, 0) is 54.2 Å². The van der Waals surface area contributed by atoms with Crippen LogP contribution in [0.5, 0.6) is 0 Å². The van der Waals surface area contributed by atoms with E-state index in [1.54, 1.807) is 0 Å². The number of nitrogens with one attached hydrogen (secondary N) is 1. The standard InChI is InChI=1S/C12H19BrN2S/c1-9-7-10(14-2)3-5-15(9)8-12-11(13)4-6-16-12/h4,6,9-10,14H,3,5,7-8H2,1-2H3. The maximum Gasteiger partial charge on any atom is 0.0342 e. The van der Waals surface area contributed by atoms with Crippen LogP contribution >= 0.6 is 27.3 Å². The molecular formula is C12H19BrN2S. The lowest BCUT2D eigenvalue weighted by Crippen LogP contribution is -2.45. The fraction of sp³-hybridized carbons (Fsp3) is 0.667. The zero-order chi connectivity index (χ0) is 11.5. The normalized spacial score (nSPS) is 27.2. The SMILES string of the molecule is CNC1CCN(Cc2sccc2Br)C(C)C1.